The second kappa shape index (κ2) is 7.19. The number of para-hydroxylation sites is 2. The first kappa shape index (κ1) is 18.6. The standard InChI is InChI=1S/C28H27NO2/c1-30-22-16-14-21(15-17-22)26-19-23(20-9-3-2-4-10-20)24-11-7-8-18-28(24)29(26)25-12-5-6-13-27(25)31-28/h2-6,9-10,12-17,19,23-24H,7-8,11,18H2,1H3/t23-,24+,28-/m1/s1. The number of hydrogen-bond acceptors (Lipinski definition) is 3. The normalized spacial score (nSPS) is 26.2. The molecule has 1 aliphatic carbocycles. The first-order chi connectivity index (χ1) is 15.3. The molecular formula is C28H27NO2. The monoisotopic (exact) mass is 409 g/mol. The highest BCUT2D eigenvalue weighted by Gasteiger charge is 2.58. The zero-order valence-electron chi connectivity index (χ0n) is 17.8. The number of allylic oxidation sites excluding steroid dienone is 1. The summed E-state index contributed by atoms with van der Waals surface area (Å²) in [4.78, 5) is 2.51. The van der Waals surface area contributed by atoms with Crippen LogP contribution in [0.2, 0.25) is 0 Å². The van der Waals surface area contributed by atoms with Crippen molar-refractivity contribution in [2.75, 3.05) is 12.0 Å². The van der Waals surface area contributed by atoms with Crippen LogP contribution in [0.25, 0.3) is 5.70 Å². The van der Waals surface area contributed by atoms with Crippen LogP contribution in [0.1, 0.15) is 42.7 Å². The molecule has 3 heteroatoms. The fraction of sp³-hybridized carbons (Fsp3) is 0.286. The Balaban J connectivity index is 1.58. The molecule has 0 bridgehead atoms. The van der Waals surface area contributed by atoms with E-state index in [1.807, 2.05) is 0 Å². The summed E-state index contributed by atoms with van der Waals surface area (Å²) in [6, 6.07) is 27.9. The highest BCUT2D eigenvalue weighted by Crippen LogP contribution is 2.59. The van der Waals surface area contributed by atoms with E-state index in [9.17, 15) is 0 Å². The Morgan fingerprint density at radius 3 is 2.48 bits per heavy atom. The minimum absolute atomic E-state index is 0.323. The summed E-state index contributed by atoms with van der Waals surface area (Å²) in [5.41, 5.74) is 4.67. The summed E-state index contributed by atoms with van der Waals surface area (Å²) < 4.78 is 12.3. The summed E-state index contributed by atoms with van der Waals surface area (Å²) >= 11 is 0. The van der Waals surface area contributed by atoms with Crippen LogP contribution in [-0.2, 0) is 0 Å². The lowest BCUT2D eigenvalue weighted by atomic mass is 9.68. The lowest BCUT2D eigenvalue weighted by molar-refractivity contribution is -0.0119. The number of benzene rings is 3. The summed E-state index contributed by atoms with van der Waals surface area (Å²) in [6.07, 6.45) is 7.16. The summed E-state index contributed by atoms with van der Waals surface area (Å²) in [5.74, 6) is 2.62. The van der Waals surface area contributed by atoms with Crippen molar-refractivity contribution in [3.05, 3.63) is 96.1 Å². The smallest absolute Gasteiger partial charge is 0.191 e. The molecule has 0 N–H and O–H groups in total. The highest BCUT2D eigenvalue weighted by atomic mass is 16.5. The molecule has 0 aromatic heterocycles. The molecule has 31 heavy (non-hydrogen) atoms. The van der Waals surface area contributed by atoms with Gasteiger partial charge >= 0.3 is 0 Å². The van der Waals surface area contributed by atoms with Crippen molar-refractivity contribution in [2.45, 2.75) is 37.3 Å². The van der Waals surface area contributed by atoms with Gasteiger partial charge in [-0.25, -0.2) is 0 Å². The first-order valence-electron chi connectivity index (χ1n) is 11.3. The molecule has 0 amide bonds. The number of anilines is 1. The van der Waals surface area contributed by atoms with Gasteiger partial charge in [-0.15, -0.1) is 0 Å². The van der Waals surface area contributed by atoms with Crippen LogP contribution in [0, 0.1) is 5.92 Å². The molecule has 3 aliphatic rings. The topological polar surface area (TPSA) is 21.7 Å². The average molecular weight is 410 g/mol. The van der Waals surface area contributed by atoms with Crippen LogP contribution in [-0.4, -0.2) is 12.8 Å². The van der Waals surface area contributed by atoms with Crippen molar-refractivity contribution in [1.29, 1.82) is 0 Å². The maximum Gasteiger partial charge on any atom is 0.191 e. The van der Waals surface area contributed by atoms with Gasteiger partial charge in [-0.05, 0) is 60.4 Å². The van der Waals surface area contributed by atoms with E-state index in [1.54, 1.807) is 7.11 Å². The molecule has 0 radical (unpaired) electrons. The van der Waals surface area contributed by atoms with Crippen molar-refractivity contribution >= 4 is 11.4 Å². The van der Waals surface area contributed by atoms with E-state index in [0.29, 0.717) is 11.8 Å². The summed E-state index contributed by atoms with van der Waals surface area (Å²) in [7, 11) is 1.71. The minimum atomic E-state index is -0.327. The van der Waals surface area contributed by atoms with Gasteiger partial charge in [0.25, 0.3) is 0 Å². The fourth-order valence-electron chi connectivity index (χ4n) is 5.87. The van der Waals surface area contributed by atoms with Gasteiger partial charge in [-0.2, -0.15) is 0 Å². The van der Waals surface area contributed by atoms with Gasteiger partial charge in [-0.3, -0.25) is 4.90 Å². The molecule has 3 atom stereocenters. The Kier molecular flexibility index (Phi) is 4.31. The lowest BCUT2D eigenvalue weighted by Crippen LogP contribution is -2.59. The molecule has 6 rings (SSSR count). The van der Waals surface area contributed by atoms with E-state index in [-0.39, 0.29) is 5.72 Å². The third-order valence-electron chi connectivity index (χ3n) is 7.23. The number of fused-ring (bicyclic) bond motifs is 2. The third-order valence-corrected chi connectivity index (χ3v) is 7.23. The third kappa shape index (κ3) is 2.79. The van der Waals surface area contributed by atoms with E-state index < -0.39 is 0 Å². The molecule has 156 valence electrons. The molecule has 2 aliphatic heterocycles. The van der Waals surface area contributed by atoms with Crippen LogP contribution in [0.5, 0.6) is 11.5 Å². The van der Waals surface area contributed by atoms with E-state index in [1.165, 1.54) is 41.8 Å². The Bertz CT molecular complexity index is 1120. The second-order valence-corrected chi connectivity index (χ2v) is 8.82. The van der Waals surface area contributed by atoms with Crippen LogP contribution in [0.15, 0.2) is 84.9 Å². The van der Waals surface area contributed by atoms with E-state index in [0.717, 1.165) is 17.9 Å². The SMILES string of the molecule is COc1ccc(C2=C[C@H](c3ccccc3)[C@@H]3CCCC[C@@]34Oc3ccccc3N24)cc1. The molecule has 3 aromatic carbocycles. The van der Waals surface area contributed by atoms with Gasteiger partial charge in [0.1, 0.15) is 11.5 Å². The Morgan fingerprint density at radius 2 is 1.68 bits per heavy atom. The van der Waals surface area contributed by atoms with Gasteiger partial charge in [0.15, 0.2) is 5.72 Å². The van der Waals surface area contributed by atoms with Crippen molar-refractivity contribution in [1.82, 2.24) is 0 Å². The van der Waals surface area contributed by atoms with Crippen LogP contribution in [0.3, 0.4) is 0 Å². The van der Waals surface area contributed by atoms with Gasteiger partial charge in [0.2, 0.25) is 0 Å². The molecular weight excluding hydrogens is 382 g/mol. The first-order valence-corrected chi connectivity index (χ1v) is 11.3. The summed E-state index contributed by atoms with van der Waals surface area (Å²) in [5, 5.41) is 0. The maximum atomic E-state index is 6.91. The highest BCUT2D eigenvalue weighted by molar-refractivity contribution is 5.87. The van der Waals surface area contributed by atoms with Crippen molar-refractivity contribution in [3.63, 3.8) is 0 Å². The molecule has 0 saturated heterocycles. The number of nitrogens with zero attached hydrogens (tertiary/aromatic N) is 1. The van der Waals surface area contributed by atoms with E-state index in [4.69, 9.17) is 9.47 Å². The fourth-order valence-corrected chi connectivity index (χ4v) is 5.87. The van der Waals surface area contributed by atoms with Gasteiger partial charge in [0.05, 0.1) is 12.8 Å². The number of methoxy groups -OCH3 is 1. The molecule has 0 unspecified atom stereocenters. The van der Waals surface area contributed by atoms with Crippen LogP contribution in [0.4, 0.5) is 5.69 Å². The van der Waals surface area contributed by atoms with Crippen molar-refractivity contribution in [3.8, 4) is 11.5 Å². The van der Waals surface area contributed by atoms with Crippen LogP contribution < -0.4 is 14.4 Å². The number of rotatable bonds is 3. The average Bonchev–Trinajstić information content (AvgIpc) is 3.17. The van der Waals surface area contributed by atoms with Crippen molar-refractivity contribution < 1.29 is 9.47 Å². The quantitative estimate of drug-likeness (QED) is 0.485. The molecule has 1 spiro atoms. The van der Waals surface area contributed by atoms with Gasteiger partial charge in [0, 0.05) is 24.0 Å². The summed E-state index contributed by atoms with van der Waals surface area (Å²) in [6.45, 7) is 0. The molecule has 1 fully saturated rings. The van der Waals surface area contributed by atoms with Gasteiger partial charge in [-0.1, -0.05) is 55.0 Å². The second-order valence-electron chi connectivity index (χ2n) is 8.82. The lowest BCUT2D eigenvalue weighted by Gasteiger charge is -2.52. The van der Waals surface area contributed by atoms with E-state index >= 15 is 0 Å². The number of hydrogen-bond donors (Lipinski definition) is 0. The molecule has 2 heterocycles. The largest absolute Gasteiger partial charge is 0.497 e. The van der Waals surface area contributed by atoms with E-state index in [2.05, 4.69) is 89.8 Å². The molecule has 3 aromatic rings. The maximum absolute atomic E-state index is 6.91. The Hall–Kier alpha value is -3.20. The van der Waals surface area contributed by atoms with Gasteiger partial charge < -0.3 is 9.47 Å². The zero-order chi connectivity index (χ0) is 20.8. The molecule has 3 nitrogen and oxygen atoms in total. The van der Waals surface area contributed by atoms with Crippen LogP contribution >= 0.6 is 0 Å². The predicted octanol–water partition coefficient (Wildman–Crippen LogP) is 6.62. The van der Waals surface area contributed by atoms with Crippen molar-refractivity contribution in [2.24, 2.45) is 5.92 Å². The Morgan fingerprint density at radius 1 is 0.903 bits per heavy atom. The molecule has 1 saturated carbocycles. The Labute approximate surface area is 183 Å². The zero-order valence-corrected chi connectivity index (χ0v) is 17.8. The minimum Gasteiger partial charge on any atom is -0.497 e. The predicted molar refractivity (Wildman–Crippen MR) is 124 cm³/mol. The number of ether oxygens (including phenoxy) is 2.